The van der Waals surface area contributed by atoms with Gasteiger partial charge in [0.05, 0.1) is 4.47 Å². The lowest BCUT2D eigenvalue weighted by Crippen LogP contribution is -2.40. The summed E-state index contributed by atoms with van der Waals surface area (Å²) < 4.78 is 61.5. The molecule has 0 aliphatic heterocycles. The summed E-state index contributed by atoms with van der Waals surface area (Å²) in [5, 5.41) is 1.57. The van der Waals surface area contributed by atoms with Crippen LogP contribution in [0.2, 0.25) is 0 Å². The van der Waals surface area contributed by atoms with Crippen LogP contribution in [0.25, 0.3) is 0 Å². The summed E-state index contributed by atoms with van der Waals surface area (Å²) in [6.45, 7) is 0. The van der Waals surface area contributed by atoms with E-state index in [2.05, 4.69) is 15.9 Å². The third-order valence-electron chi connectivity index (χ3n) is 1.75. The Hall–Kier alpha value is -1.18. The SMILES string of the molecule is O=C(Nc1ccc(F)c(Br)c1)C(F)(F)C(F)F. The Morgan fingerprint density at radius 3 is 2.41 bits per heavy atom. The maximum Gasteiger partial charge on any atom is 0.383 e. The minimum absolute atomic E-state index is 0.0873. The second kappa shape index (κ2) is 4.99. The van der Waals surface area contributed by atoms with E-state index < -0.39 is 24.1 Å². The van der Waals surface area contributed by atoms with E-state index in [4.69, 9.17) is 0 Å². The highest BCUT2D eigenvalue weighted by Crippen LogP contribution is 2.26. The van der Waals surface area contributed by atoms with Gasteiger partial charge in [0.15, 0.2) is 0 Å². The van der Waals surface area contributed by atoms with Crippen molar-refractivity contribution in [1.82, 2.24) is 0 Å². The smallest absolute Gasteiger partial charge is 0.321 e. The number of hydrogen-bond donors (Lipinski definition) is 1. The molecule has 94 valence electrons. The van der Waals surface area contributed by atoms with Crippen LogP contribution in [-0.2, 0) is 4.79 Å². The average molecular weight is 318 g/mol. The third kappa shape index (κ3) is 3.15. The van der Waals surface area contributed by atoms with E-state index in [9.17, 15) is 26.7 Å². The lowest BCUT2D eigenvalue weighted by atomic mass is 10.2. The Labute approximate surface area is 101 Å². The fourth-order valence-corrected chi connectivity index (χ4v) is 1.27. The van der Waals surface area contributed by atoms with Crippen molar-refractivity contribution in [1.29, 1.82) is 0 Å². The number of hydrogen-bond acceptors (Lipinski definition) is 1. The van der Waals surface area contributed by atoms with Gasteiger partial charge < -0.3 is 5.32 Å². The molecule has 0 fully saturated rings. The number of carbonyl (C=O) groups is 1. The fourth-order valence-electron chi connectivity index (χ4n) is 0.887. The number of anilines is 1. The Morgan fingerprint density at radius 2 is 1.94 bits per heavy atom. The van der Waals surface area contributed by atoms with E-state index in [-0.39, 0.29) is 10.2 Å². The van der Waals surface area contributed by atoms with Gasteiger partial charge in [0.25, 0.3) is 0 Å². The summed E-state index contributed by atoms with van der Waals surface area (Å²) in [5.74, 6) is -7.62. The standard InChI is InChI=1S/C9H5BrF5NO/c10-5-3-4(1-2-6(5)11)16-8(17)9(14,15)7(12)13/h1-3,7H,(H,16,17). The monoisotopic (exact) mass is 317 g/mol. The molecule has 0 aromatic heterocycles. The molecule has 0 radical (unpaired) electrons. The van der Waals surface area contributed by atoms with Crippen molar-refractivity contribution in [2.75, 3.05) is 5.32 Å². The number of amides is 1. The highest BCUT2D eigenvalue weighted by Gasteiger charge is 2.48. The van der Waals surface area contributed by atoms with E-state index in [1.165, 1.54) is 0 Å². The maximum atomic E-state index is 12.8. The molecule has 1 N–H and O–H groups in total. The predicted octanol–water partition coefficient (Wildman–Crippen LogP) is 3.43. The molecule has 0 bridgehead atoms. The topological polar surface area (TPSA) is 29.1 Å². The first-order valence-electron chi connectivity index (χ1n) is 4.17. The molecule has 0 saturated carbocycles. The van der Waals surface area contributed by atoms with E-state index in [0.717, 1.165) is 18.2 Å². The minimum atomic E-state index is -4.79. The molecule has 0 saturated heterocycles. The molecule has 1 aromatic carbocycles. The highest BCUT2D eigenvalue weighted by molar-refractivity contribution is 9.10. The van der Waals surface area contributed by atoms with Crippen molar-refractivity contribution in [3.63, 3.8) is 0 Å². The van der Waals surface area contributed by atoms with Gasteiger partial charge in [-0.15, -0.1) is 0 Å². The first-order chi connectivity index (χ1) is 7.75. The summed E-state index contributed by atoms with van der Waals surface area (Å²) >= 11 is 2.75. The van der Waals surface area contributed by atoms with Crippen LogP contribution in [0.4, 0.5) is 27.6 Å². The number of nitrogens with one attached hydrogen (secondary N) is 1. The summed E-state index contributed by atoms with van der Waals surface area (Å²) in [4.78, 5) is 10.8. The number of rotatable bonds is 3. The molecule has 0 aliphatic rings. The summed E-state index contributed by atoms with van der Waals surface area (Å²) in [6.07, 6.45) is -4.11. The van der Waals surface area contributed by atoms with Crippen molar-refractivity contribution in [2.24, 2.45) is 0 Å². The van der Waals surface area contributed by atoms with Crippen LogP contribution in [0, 0.1) is 5.82 Å². The maximum absolute atomic E-state index is 12.8. The summed E-state index contributed by atoms with van der Waals surface area (Å²) in [6, 6.07) is 2.84. The first-order valence-corrected chi connectivity index (χ1v) is 4.97. The lowest BCUT2D eigenvalue weighted by molar-refractivity contribution is -0.163. The Bertz CT molecular complexity index is 437. The van der Waals surface area contributed by atoms with Crippen molar-refractivity contribution < 1.29 is 26.7 Å². The zero-order valence-electron chi connectivity index (χ0n) is 7.99. The predicted molar refractivity (Wildman–Crippen MR) is 53.7 cm³/mol. The zero-order chi connectivity index (χ0) is 13.2. The summed E-state index contributed by atoms with van der Waals surface area (Å²) in [5.41, 5.74) is -0.219. The number of alkyl halides is 4. The quantitative estimate of drug-likeness (QED) is 0.850. The first kappa shape index (κ1) is 13.9. The molecule has 1 aromatic rings. The molecule has 0 aliphatic carbocycles. The van der Waals surface area contributed by atoms with Gasteiger partial charge in [-0.25, -0.2) is 13.2 Å². The lowest BCUT2D eigenvalue weighted by Gasteiger charge is -2.14. The normalized spacial score (nSPS) is 11.7. The van der Waals surface area contributed by atoms with E-state index in [1.54, 1.807) is 5.32 Å². The number of halogens is 6. The van der Waals surface area contributed by atoms with Crippen LogP contribution in [-0.4, -0.2) is 18.3 Å². The molecule has 0 spiro atoms. The second-order valence-electron chi connectivity index (χ2n) is 3.01. The molecule has 17 heavy (non-hydrogen) atoms. The van der Waals surface area contributed by atoms with Gasteiger partial charge in [0.2, 0.25) is 0 Å². The second-order valence-corrected chi connectivity index (χ2v) is 3.86. The van der Waals surface area contributed by atoms with Gasteiger partial charge in [-0.3, -0.25) is 4.79 Å². The molecule has 1 rings (SSSR count). The largest absolute Gasteiger partial charge is 0.383 e. The Kier molecular flexibility index (Phi) is 4.07. The van der Waals surface area contributed by atoms with Gasteiger partial charge in [-0.1, -0.05) is 0 Å². The summed E-state index contributed by atoms with van der Waals surface area (Å²) in [7, 11) is 0. The van der Waals surface area contributed by atoms with Crippen molar-refractivity contribution in [3.05, 3.63) is 28.5 Å². The highest BCUT2D eigenvalue weighted by atomic mass is 79.9. The zero-order valence-corrected chi connectivity index (χ0v) is 9.57. The van der Waals surface area contributed by atoms with E-state index >= 15 is 0 Å². The van der Waals surface area contributed by atoms with Gasteiger partial charge in [-0.05, 0) is 34.1 Å². The van der Waals surface area contributed by atoms with Crippen LogP contribution < -0.4 is 5.32 Å². The average Bonchev–Trinajstić information content (AvgIpc) is 2.23. The van der Waals surface area contributed by atoms with Crippen LogP contribution >= 0.6 is 15.9 Å². The Morgan fingerprint density at radius 1 is 1.35 bits per heavy atom. The van der Waals surface area contributed by atoms with Crippen molar-refractivity contribution in [3.8, 4) is 0 Å². The van der Waals surface area contributed by atoms with E-state index in [1.807, 2.05) is 0 Å². The molecule has 8 heteroatoms. The van der Waals surface area contributed by atoms with Gasteiger partial charge in [0.1, 0.15) is 5.82 Å². The molecule has 2 nitrogen and oxygen atoms in total. The minimum Gasteiger partial charge on any atom is -0.321 e. The van der Waals surface area contributed by atoms with Crippen LogP contribution in [0.15, 0.2) is 22.7 Å². The Balaban J connectivity index is 2.85. The van der Waals surface area contributed by atoms with Gasteiger partial charge in [-0.2, -0.15) is 8.78 Å². The van der Waals surface area contributed by atoms with E-state index in [0.29, 0.717) is 0 Å². The molecular weight excluding hydrogens is 313 g/mol. The van der Waals surface area contributed by atoms with Gasteiger partial charge >= 0.3 is 18.3 Å². The van der Waals surface area contributed by atoms with Crippen molar-refractivity contribution >= 4 is 27.5 Å². The number of benzene rings is 1. The molecule has 0 atom stereocenters. The molecule has 0 heterocycles. The molecule has 0 unspecified atom stereocenters. The molecule has 1 amide bonds. The fraction of sp³-hybridized carbons (Fsp3) is 0.222. The van der Waals surface area contributed by atoms with Crippen LogP contribution in [0.3, 0.4) is 0 Å². The van der Waals surface area contributed by atoms with Crippen LogP contribution in [0.1, 0.15) is 0 Å². The van der Waals surface area contributed by atoms with Crippen molar-refractivity contribution in [2.45, 2.75) is 12.3 Å². The third-order valence-corrected chi connectivity index (χ3v) is 2.36. The van der Waals surface area contributed by atoms with Crippen LogP contribution in [0.5, 0.6) is 0 Å². The molecular formula is C9H5BrF5NO. The van der Waals surface area contributed by atoms with Gasteiger partial charge in [0, 0.05) is 5.69 Å². The number of carbonyl (C=O) groups excluding carboxylic acids is 1.